The second-order valence-electron chi connectivity index (χ2n) is 14.6. The molecule has 3 amide bonds. The van der Waals surface area contributed by atoms with E-state index in [-0.39, 0.29) is 37.3 Å². The zero-order chi connectivity index (χ0) is 38.8. The highest BCUT2D eigenvalue weighted by atomic mass is 16.6. The summed E-state index contributed by atoms with van der Waals surface area (Å²) in [5.74, 6) is -3.14. The van der Waals surface area contributed by atoms with E-state index in [1.165, 1.54) is 0 Å². The van der Waals surface area contributed by atoms with E-state index in [1.54, 1.807) is 28.9 Å². The molecule has 1 spiro atoms. The fourth-order valence-electron chi connectivity index (χ4n) is 8.66. The first kappa shape index (κ1) is 40.7. The van der Waals surface area contributed by atoms with Crippen molar-refractivity contribution in [3.05, 3.63) is 85.5 Å². The number of aliphatic hydroxyl groups excluding tert-OH is 1. The standard InChI is InChI=1S/C43H58N4O7/c1-6-10-20-35(49)44-30(5)38(31-18-14-13-15-19-31)53-42(52)36-34-25-26-43(54-34)37(36)40(50)47(28-16-11-12-17-29-48)39(43)41(51)46(27-7-2)33-23-21-32(22-24-33)45(8-3)9-4/h6-7,13-15,18-19,21-24,30,34,36-39,48H,1-2,8-12,16-17,20,25-29H2,3-5H3,(H,44,49)/t30-,34+,36-,37-,38-,39+,43-/m1/s1. The Labute approximate surface area is 320 Å². The van der Waals surface area contributed by atoms with E-state index in [4.69, 9.17) is 9.47 Å². The third-order valence-corrected chi connectivity index (χ3v) is 11.3. The summed E-state index contributed by atoms with van der Waals surface area (Å²) < 4.78 is 13.0. The Bertz CT molecular complexity index is 1610. The Balaban J connectivity index is 1.46. The molecule has 0 aliphatic carbocycles. The van der Waals surface area contributed by atoms with Crippen molar-refractivity contribution in [3.8, 4) is 0 Å². The number of carbonyl (C=O) groups is 4. The maximum absolute atomic E-state index is 15.0. The second kappa shape index (κ2) is 18.7. The summed E-state index contributed by atoms with van der Waals surface area (Å²) in [4.78, 5) is 62.4. The number of anilines is 2. The van der Waals surface area contributed by atoms with Crippen LogP contribution in [0, 0.1) is 11.8 Å². The summed E-state index contributed by atoms with van der Waals surface area (Å²) in [6, 6.07) is 15.6. The molecule has 0 unspecified atom stereocenters. The van der Waals surface area contributed by atoms with Gasteiger partial charge >= 0.3 is 5.97 Å². The van der Waals surface area contributed by atoms with Gasteiger partial charge in [0.1, 0.15) is 17.7 Å². The van der Waals surface area contributed by atoms with E-state index < -0.39 is 47.7 Å². The number of amides is 3. The minimum absolute atomic E-state index is 0.0959. The average Bonchev–Trinajstić information content (AvgIpc) is 3.83. The Morgan fingerprint density at radius 1 is 1.02 bits per heavy atom. The van der Waals surface area contributed by atoms with Crippen LogP contribution < -0.4 is 15.1 Å². The first-order chi connectivity index (χ1) is 26.1. The minimum Gasteiger partial charge on any atom is -0.455 e. The van der Waals surface area contributed by atoms with Crippen molar-refractivity contribution < 1.29 is 33.8 Å². The monoisotopic (exact) mass is 742 g/mol. The fraction of sp³-hybridized carbons (Fsp3) is 0.535. The lowest BCUT2D eigenvalue weighted by Crippen LogP contribution is -2.56. The average molecular weight is 743 g/mol. The van der Waals surface area contributed by atoms with Crippen LogP contribution in [0.25, 0.3) is 0 Å². The smallest absolute Gasteiger partial charge is 0.313 e. The van der Waals surface area contributed by atoms with E-state index in [0.29, 0.717) is 49.9 Å². The van der Waals surface area contributed by atoms with E-state index in [1.807, 2.05) is 54.6 Å². The van der Waals surface area contributed by atoms with E-state index in [0.717, 1.165) is 31.6 Å². The third kappa shape index (κ3) is 8.42. The van der Waals surface area contributed by atoms with Gasteiger partial charge in [0, 0.05) is 50.6 Å². The normalized spacial score (nSPS) is 23.7. The number of nitrogens with one attached hydrogen (secondary N) is 1. The Kier molecular flexibility index (Phi) is 14.1. The summed E-state index contributed by atoms with van der Waals surface area (Å²) in [6.45, 7) is 16.0. The lowest BCUT2D eigenvalue weighted by molar-refractivity contribution is -0.162. The molecule has 2 bridgehead atoms. The molecule has 0 saturated carbocycles. The SMILES string of the molecule is C=CCCC(=O)N[C@H](C)[C@@H](OC(=O)[C@@H]1[C@@H]2CC[C@]3(O2)[C@H](C(=O)N(CC=C)c2ccc(N(CC)CC)cc2)N(CCCCCCO)C(=O)[C@@H]13)c1ccccc1. The first-order valence-electron chi connectivity index (χ1n) is 19.7. The van der Waals surface area contributed by atoms with Gasteiger partial charge in [0.25, 0.3) is 5.91 Å². The highest BCUT2D eigenvalue weighted by molar-refractivity contribution is 6.04. The van der Waals surface area contributed by atoms with Gasteiger partial charge in [0.2, 0.25) is 11.8 Å². The number of ether oxygens (including phenoxy) is 2. The predicted molar refractivity (Wildman–Crippen MR) is 210 cm³/mol. The number of rotatable bonds is 21. The van der Waals surface area contributed by atoms with E-state index in [2.05, 4.69) is 37.2 Å². The molecule has 11 heteroatoms. The van der Waals surface area contributed by atoms with Crippen molar-refractivity contribution in [2.45, 2.75) is 102 Å². The molecule has 292 valence electrons. The molecule has 3 aliphatic rings. The number of fused-ring (bicyclic) bond motifs is 1. The number of carbonyl (C=O) groups excluding carboxylic acids is 4. The van der Waals surface area contributed by atoms with Crippen LogP contribution in [0.5, 0.6) is 0 Å². The topological polar surface area (TPSA) is 129 Å². The maximum atomic E-state index is 15.0. The van der Waals surface area contributed by atoms with Crippen molar-refractivity contribution in [2.24, 2.45) is 11.8 Å². The van der Waals surface area contributed by atoms with Crippen molar-refractivity contribution in [2.75, 3.05) is 42.6 Å². The number of aliphatic hydroxyl groups is 1. The van der Waals surface area contributed by atoms with E-state index in [9.17, 15) is 24.3 Å². The molecule has 2 aromatic rings. The summed E-state index contributed by atoms with van der Waals surface area (Å²) in [7, 11) is 0. The number of nitrogens with zero attached hydrogens (tertiary/aromatic N) is 3. The van der Waals surface area contributed by atoms with Crippen LogP contribution in [0.3, 0.4) is 0 Å². The summed E-state index contributed by atoms with van der Waals surface area (Å²) in [5.41, 5.74) is 1.24. The highest BCUT2D eigenvalue weighted by Crippen LogP contribution is 2.59. The van der Waals surface area contributed by atoms with Gasteiger partial charge in [-0.05, 0) is 82.7 Å². The number of esters is 1. The van der Waals surface area contributed by atoms with Gasteiger partial charge < -0.3 is 34.6 Å². The van der Waals surface area contributed by atoms with Crippen LogP contribution in [-0.4, -0.2) is 90.3 Å². The fourth-order valence-corrected chi connectivity index (χ4v) is 8.66. The zero-order valence-corrected chi connectivity index (χ0v) is 32.2. The molecule has 11 nitrogen and oxygen atoms in total. The maximum Gasteiger partial charge on any atom is 0.313 e. The number of benzene rings is 2. The van der Waals surface area contributed by atoms with Crippen LogP contribution in [0.4, 0.5) is 11.4 Å². The van der Waals surface area contributed by atoms with Crippen LogP contribution in [-0.2, 0) is 28.7 Å². The molecule has 0 aromatic heterocycles. The number of likely N-dealkylation sites (tertiary alicyclic amines) is 1. The van der Waals surface area contributed by atoms with Crippen molar-refractivity contribution in [1.82, 2.24) is 10.2 Å². The number of hydrogen-bond acceptors (Lipinski definition) is 8. The molecule has 54 heavy (non-hydrogen) atoms. The summed E-state index contributed by atoms with van der Waals surface area (Å²) in [5, 5.41) is 12.3. The molecule has 3 fully saturated rings. The molecule has 3 heterocycles. The molecular formula is C43H58N4O7. The summed E-state index contributed by atoms with van der Waals surface area (Å²) >= 11 is 0. The van der Waals surface area contributed by atoms with E-state index >= 15 is 0 Å². The second-order valence-corrected chi connectivity index (χ2v) is 14.6. The molecule has 0 radical (unpaired) electrons. The molecule has 3 aliphatic heterocycles. The van der Waals surface area contributed by atoms with Crippen LogP contribution in [0.15, 0.2) is 79.9 Å². The lowest BCUT2D eigenvalue weighted by Gasteiger charge is -2.37. The van der Waals surface area contributed by atoms with Crippen LogP contribution in [0.2, 0.25) is 0 Å². The Morgan fingerprint density at radius 2 is 1.70 bits per heavy atom. The molecule has 7 atom stereocenters. The lowest BCUT2D eigenvalue weighted by atomic mass is 9.70. The van der Waals surface area contributed by atoms with Crippen LogP contribution >= 0.6 is 0 Å². The third-order valence-electron chi connectivity index (χ3n) is 11.3. The molecular weight excluding hydrogens is 684 g/mol. The Hall–Kier alpha value is -4.48. The van der Waals surface area contributed by atoms with Crippen LogP contribution in [0.1, 0.15) is 83.8 Å². The van der Waals surface area contributed by atoms with Gasteiger partial charge in [-0.25, -0.2) is 0 Å². The molecule has 3 saturated heterocycles. The zero-order valence-electron chi connectivity index (χ0n) is 32.2. The van der Waals surface area contributed by atoms with Gasteiger partial charge in [0.05, 0.1) is 24.0 Å². The molecule has 5 rings (SSSR count). The van der Waals surface area contributed by atoms with Gasteiger partial charge in [0.15, 0.2) is 0 Å². The van der Waals surface area contributed by atoms with Crippen molar-refractivity contribution >= 4 is 35.1 Å². The van der Waals surface area contributed by atoms with Crippen molar-refractivity contribution in [3.63, 3.8) is 0 Å². The van der Waals surface area contributed by atoms with Gasteiger partial charge in [-0.15, -0.1) is 13.2 Å². The first-order valence-corrected chi connectivity index (χ1v) is 19.7. The quantitative estimate of drug-likeness (QED) is 0.0943. The van der Waals surface area contributed by atoms with Gasteiger partial charge in [-0.2, -0.15) is 0 Å². The van der Waals surface area contributed by atoms with Crippen molar-refractivity contribution in [1.29, 1.82) is 0 Å². The molecule has 2 aromatic carbocycles. The van der Waals surface area contributed by atoms with Gasteiger partial charge in [-0.3, -0.25) is 19.2 Å². The predicted octanol–water partition coefficient (Wildman–Crippen LogP) is 5.73. The number of hydrogen-bond donors (Lipinski definition) is 2. The molecule has 2 N–H and O–H groups in total. The largest absolute Gasteiger partial charge is 0.455 e. The number of unbranched alkanes of at least 4 members (excludes halogenated alkanes) is 3. The highest BCUT2D eigenvalue weighted by Gasteiger charge is 2.75. The van der Waals surface area contributed by atoms with Gasteiger partial charge in [-0.1, -0.05) is 55.3 Å². The Morgan fingerprint density at radius 3 is 2.35 bits per heavy atom. The minimum atomic E-state index is -1.21. The number of allylic oxidation sites excluding steroid dienone is 1. The summed E-state index contributed by atoms with van der Waals surface area (Å²) in [6.07, 6.45) is 6.54.